The predicted octanol–water partition coefficient (Wildman–Crippen LogP) is 3.06. The van der Waals surface area contributed by atoms with Gasteiger partial charge in [-0.25, -0.2) is 14.1 Å². The summed E-state index contributed by atoms with van der Waals surface area (Å²) < 4.78 is 20.5. The van der Waals surface area contributed by atoms with Crippen molar-refractivity contribution in [1.82, 2.24) is 15.0 Å². The maximum atomic E-state index is 10.8. The number of aryl methyl sites for hydroxylation is 2. The van der Waals surface area contributed by atoms with Crippen LogP contribution >= 0.6 is 31.2 Å². The molecule has 2 aromatic heterocycles. The first-order valence-corrected chi connectivity index (χ1v) is 10.7. The van der Waals surface area contributed by atoms with E-state index in [0.29, 0.717) is 21.8 Å². The zero-order valence-corrected chi connectivity index (χ0v) is 16.4. The Kier molecular flexibility index (Phi) is 6.17. The van der Waals surface area contributed by atoms with E-state index in [1.54, 1.807) is 12.4 Å². The Morgan fingerprint density at radius 1 is 1.31 bits per heavy atom. The lowest BCUT2D eigenvalue weighted by Crippen LogP contribution is -2.07. The van der Waals surface area contributed by atoms with Gasteiger partial charge in [0.15, 0.2) is 5.16 Å². The lowest BCUT2D eigenvalue weighted by atomic mass is 10.2. The van der Waals surface area contributed by atoms with Gasteiger partial charge in [0.25, 0.3) is 0 Å². The van der Waals surface area contributed by atoms with E-state index in [1.165, 1.54) is 11.8 Å². The maximum Gasteiger partial charge on any atom is 0.472 e. The third kappa shape index (κ3) is 4.94. The van der Waals surface area contributed by atoms with Gasteiger partial charge in [-0.15, -0.1) is 0 Å². The molecule has 2 N–H and O–H groups in total. The highest BCUT2D eigenvalue weighted by molar-refractivity contribution is 7.98. The van der Waals surface area contributed by atoms with Crippen molar-refractivity contribution in [2.24, 2.45) is 0 Å². The number of phosphoric ester groups is 1. The normalized spacial score (nSPS) is 13.7. The minimum atomic E-state index is -4.59. The Morgan fingerprint density at radius 2 is 2.12 bits per heavy atom. The molecule has 0 atom stereocenters. The maximum absolute atomic E-state index is 10.8. The summed E-state index contributed by atoms with van der Waals surface area (Å²) in [7, 11) is -4.59. The molecule has 0 amide bonds. The second-order valence-corrected chi connectivity index (χ2v) is 8.27. The van der Waals surface area contributed by atoms with Gasteiger partial charge in [-0.3, -0.25) is 4.98 Å². The number of hydrogen-bond acceptors (Lipinski definition) is 7. The van der Waals surface area contributed by atoms with E-state index in [0.717, 1.165) is 41.6 Å². The molecule has 0 saturated heterocycles. The standard InChI is InChI=1S/C15H17ClN3O5PS/c1-9-5-17-6-12(16)11(9)7-26-15-18-13-4-2-3-10(13)14(19-15)23-8-24-25(20,21)22/h5-6H,2-4,7-8H2,1H3,(H2,20,21,22). The number of ether oxygens (including phenoxy) is 1. The second-order valence-electron chi connectivity index (χ2n) is 5.68. The van der Waals surface area contributed by atoms with Gasteiger partial charge in [-0.1, -0.05) is 23.4 Å². The van der Waals surface area contributed by atoms with Crippen molar-refractivity contribution in [3.63, 3.8) is 0 Å². The largest absolute Gasteiger partial charge is 0.472 e. The number of rotatable bonds is 7. The van der Waals surface area contributed by atoms with Gasteiger partial charge >= 0.3 is 7.82 Å². The summed E-state index contributed by atoms with van der Waals surface area (Å²) in [5.74, 6) is 0.880. The van der Waals surface area contributed by atoms with Crippen LogP contribution in [0, 0.1) is 6.92 Å². The Morgan fingerprint density at radius 3 is 2.85 bits per heavy atom. The van der Waals surface area contributed by atoms with Crippen LogP contribution < -0.4 is 4.74 Å². The zero-order chi connectivity index (χ0) is 18.7. The molecule has 0 bridgehead atoms. The molecule has 1 aliphatic carbocycles. The Balaban J connectivity index is 1.76. The van der Waals surface area contributed by atoms with E-state index in [4.69, 9.17) is 26.1 Å². The molecular weight excluding hydrogens is 401 g/mol. The van der Waals surface area contributed by atoms with Crippen LogP contribution in [0.2, 0.25) is 5.02 Å². The summed E-state index contributed by atoms with van der Waals surface area (Å²) in [5, 5.41) is 1.11. The third-order valence-electron chi connectivity index (χ3n) is 3.86. The van der Waals surface area contributed by atoms with Crippen LogP contribution in [-0.2, 0) is 27.7 Å². The predicted molar refractivity (Wildman–Crippen MR) is 96.2 cm³/mol. The summed E-state index contributed by atoms with van der Waals surface area (Å²) >= 11 is 7.61. The second kappa shape index (κ2) is 8.21. The molecule has 26 heavy (non-hydrogen) atoms. The molecule has 0 aliphatic heterocycles. The lowest BCUT2D eigenvalue weighted by Gasteiger charge is -2.12. The molecule has 8 nitrogen and oxygen atoms in total. The van der Waals surface area contributed by atoms with Crippen molar-refractivity contribution >= 4 is 31.2 Å². The average Bonchev–Trinajstić information content (AvgIpc) is 3.02. The molecule has 3 rings (SSSR count). The van der Waals surface area contributed by atoms with Crippen molar-refractivity contribution in [3.05, 3.63) is 39.8 Å². The first-order chi connectivity index (χ1) is 12.3. The molecule has 2 aromatic rings. The molecule has 1 aliphatic rings. The van der Waals surface area contributed by atoms with Gasteiger partial charge in [0.05, 0.1) is 10.7 Å². The van der Waals surface area contributed by atoms with E-state index in [2.05, 4.69) is 19.5 Å². The minimum absolute atomic E-state index is 0.306. The first-order valence-electron chi connectivity index (χ1n) is 7.78. The van der Waals surface area contributed by atoms with Crippen molar-refractivity contribution in [2.45, 2.75) is 37.1 Å². The Labute approximate surface area is 159 Å². The fourth-order valence-electron chi connectivity index (χ4n) is 2.59. The summed E-state index contributed by atoms with van der Waals surface area (Å²) in [6.07, 6.45) is 5.86. The van der Waals surface area contributed by atoms with Crippen molar-refractivity contribution < 1.29 is 23.6 Å². The number of halogens is 1. The first kappa shape index (κ1) is 19.5. The van der Waals surface area contributed by atoms with Crippen LogP contribution in [0.15, 0.2) is 17.6 Å². The average molecular weight is 418 g/mol. The molecule has 0 saturated carbocycles. The number of fused-ring (bicyclic) bond motifs is 1. The molecule has 0 fully saturated rings. The number of pyridine rings is 1. The number of nitrogens with zero attached hydrogens (tertiary/aromatic N) is 3. The van der Waals surface area contributed by atoms with Crippen LogP contribution in [0.4, 0.5) is 0 Å². The number of phosphoric acid groups is 1. The minimum Gasteiger partial charge on any atom is -0.450 e. The molecule has 11 heteroatoms. The summed E-state index contributed by atoms with van der Waals surface area (Å²) in [6, 6.07) is 0. The van der Waals surface area contributed by atoms with E-state index in [-0.39, 0.29) is 0 Å². The van der Waals surface area contributed by atoms with Crippen LogP contribution in [0.25, 0.3) is 0 Å². The number of hydrogen-bond donors (Lipinski definition) is 2. The van der Waals surface area contributed by atoms with Crippen molar-refractivity contribution in [3.8, 4) is 5.88 Å². The SMILES string of the molecule is Cc1cncc(Cl)c1CSc1nc2c(c(OCOP(=O)(O)O)n1)CCC2. The molecule has 0 radical (unpaired) electrons. The Hall–Kier alpha value is -1.22. The fourth-order valence-corrected chi connectivity index (χ4v) is 4.11. The monoisotopic (exact) mass is 417 g/mol. The van der Waals surface area contributed by atoms with Gasteiger partial charge in [-0.2, -0.15) is 4.98 Å². The highest BCUT2D eigenvalue weighted by Gasteiger charge is 2.22. The van der Waals surface area contributed by atoms with Crippen LogP contribution in [0.1, 0.15) is 28.8 Å². The summed E-state index contributed by atoms with van der Waals surface area (Å²) in [4.78, 5) is 30.5. The van der Waals surface area contributed by atoms with Gasteiger partial charge in [-0.05, 0) is 37.3 Å². The highest BCUT2D eigenvalue weighted by atomic mass is 35.5. The molecule has 140 valence electrons. The molecular formula is C15H17ClN3O5PS. The van der Waals surface area contributed by atoms with Crippen molar-refractivity contribution in [2.75, 3.05) is 6.79 Å². The number of thioether (sulfide) groups is 1. The third-order valence-corrected chi connectivity index (χ3v) is 5.50. The van der Waals surface area contributed by atoms with E-state index >= 15 is 0 Å². The molecule has 0 unspecified atom stereocenters. The Bertz CT molecular complexity index is 843. The molecule has 2 heterocycles. The quantitative estimate of drug-likeness (QED) is 0.303. The summed E-state index contributed by atoms with van der Waals surface area (Å²) in [5.41, 5.74) is 3.70. The van der Waals surface area contributed by atoms with Gasteiger partial charge in [0.2, 0.25) is 12.7 Å². The van der Waals surface area contributed by atoms with Crippen LogP contribution in [0.3, 0.4) is 0 Å². The van der Waals surface area contributed by atoms with E-state index < -0.39 is 14.6 Å². The van der Waals surface area contributed by atoms with Crippen LogP contribution in [-0.4, -0.2) is 31.5 Å². The highest BCUT2D eigenvalue weighted by Crippen LogP contribution is 2.37. The van der Waals surface area contributed by atoms with E-state index in [9.17, 15) is 4.57 Å². The van der Waals surface area contributed by atoms with E-state index in [1.807, 2.05) is 6.92 Å². The molecule has 0 aromatic carbocycles. The zero-order valence-electron chi connectivity index (χ0n) is 13.9. The van der Waals surface area contributed by atoms with Gasteiger partial charge < -0.3 is 14.5 Å². The topological polar surface area (TPSA) is 115 Å². The molecule has 0 spiro atoms. The smallest absolute Gasteiger partial charge is 0.450 e. The lowest BCUT2D eigenvalue weighted by molar-refractivity contribution is 0.0781. The van der Waals surface area contributed by atoms with Gasteiger partial charge in [0, 0.05) is 23.7 Å². The van der Waals surface area contributed by atoms with Crippen LogP contribution in [0.5, 0.6) is 5.88 Å². The number of aromatic nitrogens is 3. The van der Waals surface area contributed by atoms with Crippen molar-refractivity contribution in [1.29, 1.82) is 0 Å². The summed E-state index contributed by atoms with van der Waals surface area (Å²) in [6.45, 7) is 1.36. The van der Waals surface area contributed by atoms with Gasteiger partial charge in [0.1, 0.15) is 0 Å². The fraction of sp³-hybridized carbons (Fsp3) is 0.400.